The highest BCUT2D eigenvalue weighted by Gasteiger charge is 2.71. The third kappa shape index (κ3) is 3.16. The molecule has 1 atom stereocenters. The summed E-state index contributed by atoms with van der Waals surface area (Å²) in [5.41, 5.74) is 5.72. The number of nitrogens with zero attached hydrogens (tertiary/aromatic N) is 4. The molecule has 2 aromatic rings. The van der Waals surface area contributed by atoms with E-state index in [1.54, 1.807) is 0 Å². The number of morpholine rings is 1. The Bertz CT molecular complexity index is 976. The van der Waals surface area contributed by atoms with Crippen molar-refractivity contribution in [3.05, 3.63) is 29.8 Å². The number of halogens is 3. The van der Waals surface area contributed by atoms with Crippen molar-refractivity contribution in [3.63, 3.8) is 0 Å². The van der Waals surface area contributed by atoms with Crippen LogP contribution in [0.2, 0.25) is 0 Å². The van der Waals surface area contributed by atoms with Crippen molar-refractivity contribution in [2.75, 3.05) is 32.0 Å². The predicted molar refractivity (Wildman–Crippen MR) is 111 cm³/mol. The van der Waals surface area contributed by atoms with Crippen LogP contribution in [-0.2, 0) is 16.5 Å². The molecule has 3 saturated carbocycles. The molecular formula is C22H28F3N5O. The van der Waals surface area contributed by atoms with Crippen molar-refractivity contribution in [1.82, 2.24) is 19.4 Å². The van der Waals surface area contributed by atoms with E-state index >= 15 is 0 Å². The molecule has 2 aromatic heterocycles. The third-order valence-corrected chi connectivity index (χ3v) is 7.47. The number of nitrogens with two attached hydrogens (primary N) is 1. The Morgan fingerprint density at radius 2 is 1.87 bits per heavy atom. The van der Waals surface area contributed by atoms with Gasteiger partial charge in [0.15, 0.2) is 0 Å². The Kier molecular flexibility index (Phi) is 4.64. The second kappa shape index (κ2) is 6.93. The Morgan fingerprint density at radius 3 is 2.48 bits per heavy atom. The molecule has 3 aliphatic carbocycles. The summed E-state index contributed by atoms with van der Waals surface area (Å²) in [5.74, 6) is 0.647. The molecule has 0 radical (unpaired) electrons. The van der Waals surface area contributed by atoms with E-state index in [-0.39, 0.29) is 17.0 Å². The second-order valence-corrected chi connectivity index (χ2v) is 9.40. The molecule has 9 heteroatoms. The fourth-order valence-corrected chi connectivity index (χ4v) is 5.60. The van der Waals surface area contributed by atoms with Gasteiger partial charge in [0.2, 0.25) is 0 Å². The largest absolute Gasteiger partial charge is 0.419 e. The average molecular weight is 435 g/mol. The summed E-state index contributed by atoms with van der Waals surface area (Å²) < 4.78 is 47.7. The van der Waals surface area contributed by atoms with E-state index in [9.17, 15) is 13.2 Å². The zero-order chi connectivity index (χ0) is 22.0. The Morgan fingerprint density at radius 1 is 1.19 bits per heavy atom. The molecule has 31 heavy (non-hydrogen) atoms. The summed E-state index contributed by atoms with van der Waals surface area (Å²) >= 11 is 0. The Balaban J connectivity index is 1.47. The zero-order valence-electron chi connectivity index (χ0n) is 17.9. The number of hydrogen-bond donors (Lipinski definition) is 1. The molecule has 6 rings (SSSR count). The van der Waals surface area contributed by atoms with Gasteiger partial charge in [0, 0.05) is 42.5 Å². The summed E-state index contributed by atoms with van der Waals surface area (Å²) in [4.78, 5) is 11.1. The summed E-state index contributed by atoms with van der Waals surface area (Å²) in [7, 11) is 0. The van der Waals surface area contributed by atoms with Crippen molar-refractivity contribution in [2.45, 2.75) is 62.7 Å². The van der Waals surface area contributed by atoms with Gasteiger partial charge in [-0.1, -0.05) is 13.8 Å². The van der Waals surface area contributed by atoms with Crippen molar-refractivity contribution < 1.29 is 17.9 Å². The van der Waals surface area contributed by atoms with Crippen LogP contribution in [0.1, 0.15) is 56.8 Å². The van der Waals surface area contributed by atoms with E-state index in [0.717, 1.165) is 63.9 Å². The van der Waals surface area contributed by atoms with Crippen LogP contribution in [0.5, 0.6) is 0 Å². The molecule has 1 saturated heterocycles. The van der Waals surface area contributed by atoms with Crippen LogP contribution in [0.15, 0.2) is 18.5 Å². The number of imidazole rings is 1. The van der Waals surface area contributed by atoms with E-state index in [2.05, 4.69) is 28.3 Å². The van der Waals surface area contributed by atoms with Gasteiger partial charge in [-0.3, -0.25) is 4.90 Å². The first kappa shape index (κ1) is 20.8. The molecule has 6 nitrogen and oxygen atoms in total. The van der Waals surface area contributed by atoms with Crippen LogP contribution in [0.3, 0.4) is 0 Å². The minimum absolute atomic E-state index is 0.0242. The maximum absolute atomic E-state index is 13.3. The lowest BCUT2D eigenvalue weighted by atomic mass is 9.43. The predicted octanol–water partition coefficient (Wildman–Crippen LogP) is 4.02. The van der Waals surface area contributed by atoms with E-state index in [0.29, 0.717) is 11.3 Å². The third-order valence-electron chi connectivity index (χ3n) is 7.47. The Hall–Kier alpha value is -2.13. The fourth-order valence-electron chi connectivity index (χ4n) is 5.60. The van der Waals surface area contributed by atoms with E-state index in [1.807, 2.05) is 6.20 Å². The number of rotatable bonds is 5. The van der Waals surface area contributed by atoms with E-state index < -0.39 is 17.6 Å². The van der Waals surface area contributed by atoms with Gasteiger partial charge in [-0.2, -0.15) is 13.2 Å². The van der Waals surface area contributed by atoms with Crippen LogP contribution >= 0.6 is 0 Å². The van der Waals surface area contributed by atoms with Gasteiger partial charge in [-0.15, -0.1) is 0 Å². The van der Waals surface area contributed by atoms with Crippen LogP contribution in [0.25, 0.3) is 11.3 Å². The lowest BCUT2D eigenvalue weighted by Crippen LogP contribution is -2.79. The zero-order valence-corrected chi connectivity index (χ0v) is 17.9. The molecule has 2 N–H and O–H groups in total. The minimum Gasteiger partial charge on any atom is -0.383 e. The van der Waals surface area contributed by atoms with E-state index in [4.69, 9.17) is 15.5 Å². The maximum Gasteiger partial charge on any atom is 0.419 e. The molecule has 1 unspecified atom stereocenters. The monoisotopic (exact) mass is 435 g/mol. The number of aromatic nitrogens is 3. The first-order valence-electron chi connectivity index (χ1n) is 10.9. The number of pyridine rings is 1. The van der Waals surface area contributed by atoms with Crippen LogP contribution in [0.4, 0.5) is 19.0 Å². The van der Waals surface area contributed by atoms with Crippen molar-refractivity contribution in [1.29, 1.82) is 0 Å². The minimum atomic E-state index is -4.55. The van der Waals surface area contributed by atoms with Crippen molar-refractivity contribution in [2.24, 2.45) is 0 Å². The standard InChI is InChI=1S/C22H28F3N5O/c1-3-14(2)19-28-17(15-8-16(22(23,24)25)18(26)27-9-15)10-30(19)21-11-20(12-21,13-21)29-4-6-31-7-5-29/h8-10,14H,3-7,11-13H2,1-2H3,(H2,26,27). The van der Waals surface area contributed by atoms with Gasteiger partial charge in [-0.25, -0.2) is 9.97 Å². The highest BCUT2D eigenvalue weighted by molar-refractivity contribution is 5.62. The fraction of sp³-hybridized carbons (Fsp3) is 0.636. The highest BCUT2D eigenvalue weighted by Crippen LogP contribution is 2.68. The highest BCUT2D eigenvalue weighted by atomic mass is 19.4. The Labute approximate surface area is 179 Å². The number of nitrogen functional groups attached to an aromatic ring is 1. The molecule has 168 valence electrons. The van der Waals surface area contributed by atoms with Crippen LogP contribution in [0, 0.1) is 0 Å². The van der Waals surface area contributed by atoms with Gasteiger partial charge < -0.3 is 15.0 Å². The first-order chi connectivity index (χ1) is 14.7. The van der Waals surface area contributed by atoms with E-state index in [1.165, 1.54) is 6.20 Å². The van der Waals surface area contributed by atoms with Gasteiger partial charge in [-0.05, 0) is 31.7 Å². The summed E-state index contributed by atoms with van der Waals surface area (Å²) in [6.45, 7) is 7.74. The topological polar surface area (TPSA) is 69.2 Å². The maximum atomic E-state index is 13.3. The van der Waals surface area contributed by atoms with Crippen molar-refractivity contribution >= 4 is 5.82 Å². The van der Waals surface area contributed by atoms with Gasteiger partial charge in [0.25, 0.3) is 0 Å². The lowest BCUT2D eigenvalue weighted by Gasteiger charge is -2.74. The molecule has 0 spiro atoms. The average Bonchev–Trinajstić information content (AvgIpc) is 3.11. The quantitative estimate of drug-likeness (QED) is 0.768. The van der Waals surface area contributed by atoms with Gasteiger partial charge in [0.1, 0.15) is 11.6 Å². The molecule has 0 amide bonds. The summed E-state index contributed by atoms with van der Waals surface area (Å²) in [5, 5.41) is 0. The molecular weight excluding hydrogens is 407 g/mol. The molecule has 3 heterocycles. The van der Waals surface area contributed by atoms with Gasteiger partial charge in [0.05, 0.1) is 30.0 Å². The number of hydrogen-bond acceptors (Lipinski definition) is 5. The normalized spacial score (nSPS) is 29.3. The summed E-state index contributed by atoms with van der Waals surface area (Å²) in [6, 6.07) is 1.06. The summed E-state index contributed by atoms with van der Waals surface area (Å²) in [6.07, 6.45) is 2.86. The molecule has 1 aliphatic heterocycles. The number of anilines is 1. The van der Waals surface area contributed by atoms with Crippen LogP contribution in [-0.4, -0.2) is 51.3 Å². The smallest absolute Gasteiger partial charge is 0.383 e. The molecule has 2 bridgehead atoms. The van der Waals surface area contributed by atoms with Gasteiger partial charge >= 0.3 is 6.18 Å². The van der Waals surface area contributed by atoms with Crippen LogP contribution < -0.4 is 5.73 Å². The first-order valence-corrected chi connectivity index (χ1v) is 10.9. The molecule has 4 aliphatic rings. The molecule has 4 fully saturated rings. The van der Waals surface area contributed by atoms with Crippen molar-refractivity contribution in [3.8, 4) is 11.3 Å². The molecule has 0 aromatic carbocycles. The lowest BCUT2D eigenvalue weighted by molar-refractivity contribution is -0.221. The second-order valence-electron chi connectivity index (χ2n) is 9.40. The number of alkyl halides is 3. The SMILES string of the molecule is CCC(C)c1nc(-c2cnc(N)c(C(F)(F)F)c2)cn1C12CC(N3CCOCC3)(C1)C2. The number of ether oxygens (including phenoxy) is 1.